The van der Waals surface area contributed by atoms with Crippen LogP contribution in [0.25, 0.3) is 0 Å². The molecule has 3 aromatic carbocycles. The summed E-state index contributed by atoms with van der Waals surface area (Å²) in [6.45, 7) is 0. The largest absolute Gasteiger partial charge is 0.504 e. The Morgan fingerprint density at radius 1 is 0.867 bits per heavy atom. The van der Waals surface area contributed by atoms with Crippen molar-refractivity contribution in [3.8, 4) is 11.5 Å². The molecule has 0 spiro atoms. The standard InChI is InChI=1S/C34H29Cl2N3O6/c1-38-31(43)33(35)17-24-21(27(34(33,36)32(38)44)23-9-6-10-25(45-2)28(23)40)15-16-22-26(24)30(42)39(29(22)41)20-13-11-19(12-14-20)37-18-7-4-3-5-8-18/h3-15,22,24,26-27,37,40H,16-17H2,1-2H3. The van der Waals surface area contributed by atoms with Crippen molar-refractivity contribution in [1.29, 1.82) is 0 Å². The molecular formula is C34H29Cl2N3O6. The monoisotopic (exact) mass is 645 g/mol. The van der Waals surface area contributed by atoms with E-state index in [2.05, 4.69) is 5.32 Å². The molecular weight excluding hydrogens is 617 g/mol. The van der Waals surface area contributed by atoms with Gasteiger partial charge >= 0.3 is 0 Å². The van der Waals surface area contributed by atoms with Gasteiger partial charge in [-0.25, -0.2) is 0 Å². The number of hydrogen-bond donors (Lipinski definition) is 2. The maximum absolute atomic E-state index is 14.2. The SMILES string of the molecule is COc1cccc(C2C3=CCC4C(=O)N(c5ccc(Nc6ccccc6)cc5)C(=O)C4C3CC3(Cl)C(=O)N(C)C(=O)C23Cl)c1O. The lowest BCUT2D eigenvalue weighted by Crippen LogP contribution is -2.60. The van der Waals surface area contributed by atoms with E-state index in [0.29, 0.717) is 11.3 Å². The van der Waals surface area contributed by atoms with Crippen LogP contribution in [0.1, 0.15) is 24.3 Å². The second-order valence-electron chi connectivity index (χ2n) is 11.9. The van der Waals surface area contributed by atoms with Gasteiger partial charge in [0.1, 0.15) is 0 Å². The van der Waals surface area contributed by atoms with Gasteiger partial charge in [0.25, 0.3) is 11.8 Å². The Hall–Kier alpha value is -4.34. The molecule has 3 aromatic rings. The number of aromatic hydroxyl groups is 1. The van der Waals surface area contributed by atoms with Crippen LogP contribution in [0.3, 0.4) is 0 Å². The first kappa shape index (κ1) is 29.4. The smallest absolute Gasteiger partial charge is 0.253 e. The number of likely N-dealkylation sites (tertiary alicyclic amines) is 1. The molecule has 0 bridgehead atoms. The number of allylic oxidation sites excluding steroid dienone is 2. The third-order valence-electron chi connectivity index (χ3n) is 9.76. The Morgan fingerprint density at radius 3 is 2.24 bits per heavy atom. The van der Waals surface area contributed by atoms with Crippen molar-refractivity contribution >= 4 is 63.9 Å². The molecule has 4 aliphatic rings. The molecule has 9 nitrogen and oxygen atoms in total. The lowest BCUT2D eigenvalue weighted by atomic mass is 9.56. The molecule has 2 aliphatic heterocycles. The van der Waals surface area contributed by atoms with Crippen LogP contribution in [0.5, 0.6) is 11.5 Å². The summed E-state index contributed by atoms with van der Waals surface area (Å²) in [6, 6.07) is 21.4. The zero-order valence-electron chi connectivity index (χ0n) is 24.4. The molecule has 230 valence electrons. The summed E-state index contributed by atoms with van der Waals surface area (Å²) in [6.07, 6.45) is 1.91. The number of halogens is 2. The number of benzene rings is 3. The van der Waals surface area contributed by atoms with Gasteiger partial charge < -0.3 is 15.2 Å². The van der Waals surface area contributed by atoms with E-state index in [-0.39, 0.29) is 35.8 Å². The van der Waals surface area contributed by atoms with E-state index in [4.69, 9.17) is 27.9 Å². The molecule has 0 aromatic heterocycles. The average molecular weight is 647 g/mol. The fraction of sp³-hybridized carbons (Fsp3) is 0.294. The van der Waals surface area contributed by atoms with Gasteiger partial charge in [0.15, 0.2) is 21.2 Å². The van der Waals surface area contributed by atoms with Crippen LogP contribution in [0.15, 0.2) is 84.4 Å². The Balaban J connectivity index is 1.29. The fourth-order valence-electron chi connectivity index (χ4n) is 7.66. The summed E-state index contributed by atoms with van der Waals surface area (Å²) in [7, 11) is 2.72. The Morgan fingerprint density at radius 2 is 1.56 bits per heavy atom. The fourth-order valence-corrected chi connectivity index (χ4v) is 8.67. The Labute approximate surface area is 269 Å². The van der Waals surface area contributed by atoms with Gasteiger partial charge in [0.2, 0.25) is 11.8 Å². The van der Waals surface area contributed by atoms with Crippen molar-refractivity contribution in [3.63, 3.8) is 0 Å². The quantitative estimate of drug-likeness (QED) is 0.219. The van der Waals surface area contributed by atoms with E-state index < -0.39 is 51.1 Å². The third kappa shape index (κ3) is 3.99. The molecule has 2 saturated heterocycles. The highest BCUT2D eigenvalue weighted by atomic mass is 35.5. The van der Waals surface area contributed by atoms with Crippen LogP contribution in [0, 0.1) is 17.8 Å². The summed E-state index contributed by atoms with van der Waals surface area (Å²) >= 11 is 14.4. The normalized spacial score (nSPS) is 30.5. The number of para-hydroxylation sites is 2. The second-order valence-corrected chi connectivity index (χ2v) is 13.2. The van der Waals surface area contributed by atoms with E-state index in [9.17, 15) is 24.3 Å². The number of methoxy groups -OCH3 is 1. The number of imide groups is 2. The van der Waals surface area contributed by atoms with Crippen LogP contribution in [-0.2, 0) is 19.2 Å². The van der Waals surface area contributed by atoms with Gasteiger partial charge in [-0.3, -0.25) is 29.0 Å². The van der Waals surface area contributed by atoms with Gasteiger partial charge in [0.05, 0.1) is 24.6 Å². The number of carbonyl (C=O) groups is 4. The van der Waals surface area contributed by atoms with Crippen molar-refractivity contribution in [2.45, 2.75) is 28.5 Å². The lowest BCUT2D eigenvalue weighted by molar-refractivity contribution is -0.138. The number of fused-ring (bicyclic) bond motifs is 4. The van der Waals surface area contributed by atoms with E-state index >= 15 is 0 Å². The molecule has 3 fully saturated rings. The molecule has 1 saturated carbocycles. The van der Waals surface area contributed by atoms with Crippen molar-refractivity contribution in [2.75, 3.05) is 24.4 Å². The first-order chi connectivity index (χ1) is 21.5. The number of carbonyl (C=O) groups excluding carboxylic acids is 4. The third-order valence-corrected chi connectivity index (χ3v) is 11.2. The molecule has 2 heterocycles. The summed E-state index contributed by atoms with van der Waals surface area (Å²) < 4.78 is 5.34. The Bertz CT molecular complexity index is 1800. The summed E-state index contributed by atoms with van der Waals surface area (Å²) in [5.74, 6) is -5.56. The zero-order chi connectivity index (χ0) is 31.8. The zero-order valence-corrected chi connectivity index (χ0v) is 25.9. The van der Waals surface area contributed by atoms with E-state index in [1.807, 2.05) is 36.4 Å². The highest BCUT2D eigenvalue weighted by Gasteiger charge is 2.76. The Kier molecular flexibility index (Phi) is 6.76. The molecule has 11 heteroatoms. The van der Waals surface area contributed by atoms with Crippen molar-refractivity contribution < 1.29 is 29.0 Å². The van der Waals surface area contributed by atoms with E-state index in [0.717, 1.165) is 16.3 Å². The number of nitrogens with one attached hydrogen (secondary N) is 1. The van der Waals surface area contributed by atoms with Crippen LogP contribution < -0.4 is 15.0 Å². The first-order valence-electron chi connectivity index (χ1n) is 14.6. The van der Waals surface area contributed by atoms with Gasteiger partial charge in [-0.15, -0.1) is 23.2 Å². The number of anilines is 3. The number of hydrogen-bond acceptors (Lipinski definition) is 7. The van der Waals surface area contributed by atoms with Crippen molar-refractivity contribution in [1.82, 2.24) is 4.90 Å². The second kappa shape index (κ2) is 10.4. The minimum atomic E-state index is -1.99. The number of phenols is 1. The molecule has 0 radical (unpaired) electrons. The van der Waals surface area contributed by atoms with Crippen LogP contribution in [-0.4, -0.2) is 57.5 Å². The molecule has 2 aliphatic carbocycles. The highest BCUT2D eigenvalue weighted by molar-refractivity contribution is 6.53. The van der Waals surface area contributed by atoms with Gasteiger partial charge in [-0.05, 0) is 61.2 Å². The number of phenolic OH excluding ortho intramolecular Hbond substituents is 1. The summed E-state index contributed by atoms with van der Waals surface area (Å²) in [5.41, 5.74) is 2.95. The number of rotatable bonds is 5. The molecule has 45 heavy (non-hydrogen) atoms. The average Bonchev–Trinajstić information content (AvgIpc) is 3.37. The van der Waals surface area contributed by atoms with Crippen LogP contribution in [0.4, 0.5) is 17.1 Å². The number of amides is 4. The predicted octanol–water partition coefficient (Wildman–Crippen LogP) is 5.34. The highest BCUT2D eigenvalue weighted by Crippen LogP contribution is 2.66. The minimum absolute atomic E-state index is 0.131. The first-order valence-corrected chi connectivity index (χ1v) is 15.3. The summed E-state index contributed by atoms with van der Waals surface area (Å²) in [4.78, 5) is 53.6. The van der Waals surface area contributed by atoms with Crippen LogP contribution in [0.2, 0.25) is 0 Å². The lowest BCUT2D eigenvalue weighted by Gasteiger charge is -2.50. The number of alkyl halides is 2. The molecule has 7 rings (SSSR count). The maximum atomic E-state index is 14.2. The van der Waals surface area contributed by atoms with E-state index in [1.54, 1.807) is 42.5 Å². The minimum Gasteiger partial charge on any atom is -0.504 e. The van der Waals surface area contributed by atoms with E-state index in [1.165, 1.54) is 19.1 Å². The maximum Gasteiger partial charge on any atom is 0.253 e. The van der Waals surface area contributed by atoms with Crippen molar-refractivity contribution in [2.24, 2.45) is 17.8 Å². The molecule has 4 amide bonds. The molecule has 6 atom stereocenters. The molecule has 6 unspecified atom stereocenters. The van der Waals surface area contributed by atoms with Gasteiger partial charge in [-0.2, -0.15) is 0 Å². The summed E-state index contributed by atoms with van der Waals surface area (Å²) in [5, 5.41) is 14.5. The van der Waals surface area contributed by atoms with Gasteiger partial charge in [0, 0.05) is 29.9 Å². The van der Waals surface area contributed by atoms with Crippen LogP contribution >= 0.6 is 23.2 Å². The predicted molar refractivity (Wildman–Crippen MR) is 169 cm³/mol. The topological polar surface area (TPSA) is 116 Å². The van der Waals surface area contributed by atoms with Gasteiger partial charge in [-0.1, -0.05) is 42.0 Å². The van der Waals surface area contributed by atoms with Crippen molar-refractivity contribution in [3.05, 3.63) is 90.0 Å². The number of nitrogens with zero attached hydrogens (tertiary/aromatic N) is 2. The molecule has 2 N–H and O–H groups in total. The number of ether oxygens (including phenoxy) is 1.